The number of anilines is 1. The average Bonchev–Trinajstić information content (AvgIpc) is 3.13. The summed E-state index contributed by atoms with van der Waals surface area (Å²) in [6.45, 7) is 4.58. The van der Waals surface area contributed by atoms with Gasteiger partial charge in [-0.2, -0.15) is 4.31 Å². The number of rotatable bonds is 8. The van der Waals surface area contributed by atoms with Crippen LogP contribution in [0.4, 0.5) is 5.69 Å². The highest BCUT2D eigenvalue weighted by molar-refractivity contribution is 7.89. The molecule has 0 unspecified atom stereocenters. The van der Waals surface area contributed by atoms with Crippen molar-refractivity contribution < 1.29 is 27.5 Å². The minimum absolute atomic E-state index is 0.0642. The summed E-state index contributed by atoms with van der Waals surface area (Å²) in [7, 11) is -3.74. The SMILES string of the molecule is O=C(CN1C(=O)COc2ccc(S(=O)(=O)N3CCOCC3)cc21)NCCCN1CCCCCC1. The first-order valence-corrected chi connectivity index (χ1v) is 13.5. The number of carbonyl (C=O) groups excluding carboxylic acids is 2. The van der Waals surface area contributed by atoms with E-state index in [0.29, 0.717) is 31.2 Å². The van der Waals surface area contributed by atoms with Crippen molar-refractivity contribution in [1.29, 1.82) is 0 Å². The van der Waals surface area contributed by atoms with Gasteiger partial charge in [0.25, 0.3) is 5.91 Å². The second-order valence-electron chi connectivity index (χ2n) is 8.87. The topological polar surface area (TPSA) is 108 Å². The fourth-order valence-corrected chi connectivity index (χ4v) is 5.97. The molecule has 4 rings (SSSR count). The van der Waals surface area contributed by atoms with Crippen LogP contribution in [0.25, 0.3) is 0 Å². The first-order chi connectivity index (χ1) is 16.4. The molecule has 2 fully saturated rings. The lowest BCUT2D eigenvalue weighted by Gasteiger charge is -2.30. The lowest BCUT2D eigenvalue weighted by atomic mass is 10.2. The second kappa shape index (κ2) is 11.5. The van der Waals surface area contributed by atoms with Crippen molar-refractivity contribution in [2.24, 2.45) is 0 Å². The predicted molar refractivity (Wildman–Crippen MR) is 126 cm³/mol. The Labute approximate surface area is 201 Å². The zero-order chi connectivity index (χ0) is 24.0. The molecule has 1 aromatic rings. The van der Waals surface area contributed by atoms with Gasteiger partial charge in [0.1, 0.15) is 12.3 Å². The van der Waals surface area contributed by atoms with E-state index in [4.69, 9.17) is 9.47 Å². The molecule has 2 amide bonds. The monoisotopic (exact) mass is 494 g/mol. The van der Waals surface area contributed by atoms with Crippen molar-refractivity contribution in [3.8, 4) is 5.75 Å². The van der Waals surface area contributed by atoms with E-state index in [-0.39, 0.29) is 43.0 Å². The van der Waals surface area contributed by atoms with Gasteiger partial charge in [-0.25, -0.2) is 8.42 Å². The van der Waals surface area contributed by atoms with Crippen molar-refractivity contribution in [3.63, 3.8) is 0 Å². The molecular formula is C23H34N4O6S. The van der Waals surface area contributed by atoms with Crippen LogP contribution in [-0.2, 0) is 24.3 Å². The van der Waals surface area contributed by atoms with Crippen LogP contribution in [0.5, 0.6) is 5.75 Å². The van der Waals surface area contributed by atoms with Crippen molar-refractivity contribution >= 4 is 27.5 Å². The summed E-state index contributed by atoms with van der Waals surface area (Å²) in [5.41, 5.74) is 0.297. The number of fused-ring (bicyclic) bond motifs is 1. The third-order valence-corrected chi connectivity index (χ3v) is 8.35. The van der Waals surface area contributed by atoms with Gasteiger partial charge < -0.3 is 19.7 Å². The number of amides is 2. The number of likely N-dealkylation sites (tertiary alicyclic amines) is 1. The maximum absolute atomic E-state index is 13.1. The molecule has 3 aliphatic heterocycles. The third-order valence-electron chi connectivity index (χ3n) is 6.45. The zero-order valence-corrected chi connectivity index (χ0v) is 20.4. The van der Waals surface area contributed by atoms with Gasteiger partial charge in [-0.15, -0.1) is 0 Å². The smallest absolute Gasteiger partial charge is 0.265 e. The number of nitrogens with one attached hydrogen (secondary N) is 1. The molecule has 10 nitrogen and oxygen atoms in total. The van der Waals surface area contributed by atoms with Crippen LogP contribution in [0.1, 0.15) is 32.1 Å². The number of morpholine rings is 1. The van der Waals surface area contributed by atoms with Crippen LogP contribution in [0.3, 0.4) is 0 Å². The van der Waals surface area contributed by atoms with Crippen LogP contribution in [0, 0.1) is 0 Å². The van der Waals surface area contributed by atoms with E-state index < -0.39 is 10.0 Å². The highest BCUT2D eigenvalue weighted by Gasteiger charge is 2.32. The van der Waals surface area contributed by atoms with Crippen LogP contribution < -0.4 is 15.0 Å². The molecule has 34 heavy (non-hydrogen) atoms. The summed E-state index contributed by atoms with van der Waals surface area (Å²) in [5.74, 6) is -0.277. The van der Waals surface area contributed by atoms with E-state index in [2.05, 4.69) is 10.2 Å². The molecule has 0 radical (unpaired) electrons. The Bertz CT molecular complexity index is 972. The van der Waals surface area contributed by atoms with Crippen molar-refractivity contribution in [2.75, 3.05) is 70.5 Å². The average molecular weight is 495 g/mol. The fraction of sp³-hybridized carbons (Fsp3) is 0.652. The lowest BCUT2D eigenvalue weighted by molar-refractivity contribution is -0.125. The third kappa shape index (κ3) is 6.07. The van der Waals surface area contributed by atoms with Crippen molar-refractivity contribution in [2.45, 2.75) is 37.0 Å². The summed E-state index contributed by atoms with van der Waals surface area (Å²) < 4.78 is 38.2. The molecule has 0 spiro atoms. The van der Waals surface area contributed by atoms with E-state index >= 15 is 0 Å². The molecule has 3 aliphatic rings. The molecule has 188 valence electrons. The number of benzene rings is 1. The molecule has 0 aliphatic carbocycles. The number of hydrogen-bond donors (Lipinski definition) is 1. The Morgan fingerprint density at radius 2 is 1.76 bits per heavy atom. The fourth-order valence-electron chi connectivity index (χ4n) is 4.54. The van der Waals surface area contributed by atoms with Gasteiger partial charge in [0.15, 0.2) is 6.61 Å². The van der Waals surface area contributed by atoms with Gasteiger partial charge >= 0.3 is 0 Å². The Morgan fingerprint density at radius 1 is 1.03 bits per heavy atom. The summed E-state index contributed by atoms with van der Waals surface area (Å²) in [6.07, 6.45) is 5.89. The summed E-state index contributed by atoms with van der Waals surface area (Å²) in [4.78, 5) is 29.0. The van der Waals surface area contributed by atoms with Gasteiger partial charge in [-0.05, 0) is 57.1 Å². The van der Waals surface area contributed by atoms with Gasteiger partial charge in [-0.1, -0.05) is 12.8 Å². The maximum atomic E-state index is 13.1. The number of ether oxygens (including phenoxy) is 2. The minimum atomic E-state index is -3.74. The molecule has 0 atom stereocenters. The van der Waals surface area contributed by atoms with Gasteiger partial charge in [0.2, 0.25) is 15.9 Å². The highest BCUT2D eigenvalue weighted by atomic mass is 32.2. The molecule has 11 heteroatoms. The van der Waals surface area contributed by atoms with E-state index in [1.54, 1.807) is 6.07 Å². The molecule has 3 heterocycles. The van der Waals surface area contributed by atoms with Crippen molar-refractivity contribution in [3.05, 3.63) is 18.2 Å². The van der Waals surface area contributed by atoms with Gasteiger partial charge in [-0.3, -0.25) is 14.5 Å². The quantitative estimate of drug-likeness (QED) is 0.533. The molecule has 0 bridgehead atoms. The predicted octanol–water partition coefficient (Wildman–Crippen LogP) is 0.815. The molecule has 1 aromatic carbocycles. The Hall–Kier alpha value is -2.21. The molecular weight excluding hydrogens is 460 g/mol. The first kappa shape index (κ1) is 24.9. The van der Waals surface area contributed by atoms with Crippen molar-refractivity contribution in [1.82, 2.24) is 14.5 Å². The van der Waals surface area contributed by atoms with Crippen LogP contribution in [0.15, 0.2) is 23.1 Å². The summed E-state index contributed by atoms with van der Waals surface area (Å²) >= 11 is 0. The number of carbonyl (C=O) groups is 2. The largest absolute Gasteiger partial charge is 0.482 e. The van der Waals surface area contributed by atoms with E-state index in [9.17, 15) is 18.0 Å². The standard InChI is InChI=1S/C23H34N4O6S/c28-22(24-8-5-11-25-9-3-1-2-4-10-25)17-27-20-16-19(6-7-21(20)33-18-23(27)29)34(30,31)26-12-14-32-15-13-26/h6-7,16H,1-5,8-15,17-18H2,(H,24,28). The van der Waals surface area contributed by atoms with Crippen LogP contribution in [0.2, 0.25) is 0 Å². The number of hydrogen-bond acceptors (Lipinski definition) is 7. The van der Waals surface area contributed by atoms with Crippen LogP contribution >= 0.6 is 0 Å². The van der Waals surface area contributed by atoms with Gasteiger partial charge in [0.05, 0.1) is 23.8 Å². The van der Waals surface area contributed by atoms with E-state index in [1.165, 1.54) is 47.0 Å². The maximum Gasteiger partial charge on any atom is 0.265 e. The van der Waals surface area contributed by atoms with E-state index in [0.717, 1.165) is 26.1 Å². The normalized spacial score (nSPS) is 20.4. The first-order valence-electron chi connectivity index (χ1n) is 12.1. The Morgan fingerprint density at radius 3 is 2.50 bits per heavy atom. The lowest BCUT2D eigenvalue weighted by Crippen LogP contribution is -2.45. The van der Waals surface area contributed by atoms with E-state index in [1.807, 2.05) is 0 Å². The zero-order valence-electron chi connectivity index (χ0n) is 19.5. The molecule has 0 aromatic heterocycles. The summed E-state index contributed by atoms with van der Waals surface area (Å²) in [6, 6.07) is 4.44. The van der Waals surface area contributed by atoms with Gasteiger partial charge in [0, 0.05) is 19.6 Å². The molecule has 1 N–H and O–H groups in total. The Kier molecular flexibility index (Phi) is 8.41. The highest BCUT2D eigenvalue weighted by Crippen LogP contribution is 2.35. The summed E-state index contributed by atoms with van der Waals surface area (Å²) in [5, 5.41) is 2.89. The second-order valence-corrected chi connectivity index (χ2v) is 10.8. The Balaban J connectivity index is 1.37. The van der Waals surface area contributed by atoms with Crippen LogP contribution in [-0.4, -0.2) is 95.1 Å². The number of sulfonamides is 1. The molecule has 0 saturated carbocycles. The molecule has 2 saturated heterocycles. The minimum Gasteiger partial charge on any atom is -0.482 e. The number of nitrogens with zero attached hydrogens (tertiary/aromatic N) is 3.